The monoisotopic (exact) mass is 188 g/mol. The average Bonchev–Trinajstić information content (AvgIpc) is 2.13. The Morgan fingerprint density at radius 2 is 2.08 bits per heavy atom. The largest absolute Gasteiger partial charge is 0.394 e. The van der Waals surface area contributed by atoms with Gasteiger partial charge in [-0.1, -0.05) is 13.0 Å². The lowest BCUT2D eigenvalue weighted by Gasteiger charge is -2.13. The highest BCUT2D eigenvalue weighted by atomic mass is 16.3. The number of rotatable bonds is 6. The third-order valence-corrected chi connectivity index (χ3v) is 1.67. The van der Waals surface area contributed by atoms with Crippen molar-refractivity contribution in [3.05, 3.63) is 11.6 Å². The van der Waals surface area contributed by atoms with E-state index in [1.165, 1.54) is 0 Å². The standard InChI is InChI=1S/C9H16O4/c1-2-3-7(5-10)9(13)4-8(12)6-11/h3,5,8-9,11-13H,2,4,6H2,1H3. The van der Waals surface area contributed by atoms with Crippen molar-refractivity contribution < 1.29 is 20.1 Å². The van der Waals surface area contributed by atoms with Crippen molar-refractivity contribution in [2.45, 2.75) is 32.0 Å². The van der Waals surface area contributed by atoms with Crippen LogP contribution in [0.3, 0.4) is 0 Å². The molecule has 0 aromatic heterocycles. The highest BCUT2D eigenvalue weighted by molar-refractivity contribution is 5.74. The van der Waals surface area contributed by atoms with E-state index in [1.807, 2.05) is 6.92 Å². The summed E-state index contributed by atoms with van der Waals surface area (Å²) in [5.74, 6) is 0. The minimum absolute atomic E-state index is 0.0128. The molecule has 0 bridgehead atoms. The Kier molecular flexibility index (Phi) is 6.40. The second-order valence-electron chi connectivity index (χ2n) is 2.82. The first-order valence-electron chi connectivity index (χ1n) is 4.27. The Morgan fingerprint density at radius 3 is 2.46 bits per heavy atom. The van der Waals surface area contributed by atoms with Crippen LogP contribution >= 0.6 is 0 Å². The minimum atomic E-state index is -0.986. The summed E-state index contributed by atoms with van der Waals surface area (Å²) in [6.07, 6.45) is 0.844. The van der Waals surface area contributed by atoms with E-state index in [0.717, 1.165) is 0 Å². The van der Waals surface area contributed by atoms with Crippen LogP contribution in [0.2, 0.25) is 0 Å². The zero-order valence-electron chi connectivity index (χ0n) is 7.68. The van der Waals surface area contributed by atoms with Crippen molar-refractivity contribution >= 4 is 6.29 Å². The van der Waals surface area contributed by atoms with Gasteiger partial charge in [-0.3, -0.25) is 4.79 Å². The number of carbonyl (C=O) groups is 1. The molecule has 0 aromatic rings. The minimum Gasteiger partial charge on any atom is -0.394 e. The molecule has 0 aliphatic carbocycles. The van der Waals surface area contributed by atoms with Gasteiger partial charge in [-0.25, -0.2) is 0 Å². The van der Waals surface area contributed by atoms with Crippen molar-refractivity contribution in [2.24, 2.45) is 0 Å². The lowest BCUT2D eigenvalue weighted by Crippen LogP contribution is -2.22. The normalized spacial score (nSPS) is 16.8. The number of aliphatic hydroxyl groups excluding tert-OH is 3. The number of allylic oxidation sites excluding steroid dienone is 1. The molecule has 0 saturated heterocycles. The van der Waals surface area contributed by atoms with Gasteiger partial charge in [0.05, 0.1) is 18.8 Å². The predicted molar refractivity (Wildman–Crippen MR) is 48.2 cm³/mol. The van der Waals surface area contributed by atoms with E-state index in [-0.39, 0.29) is 12.0 Å². The van der Waals surface area contributed by atoms with Crippen molar-refractivity contribution in [1.82, 2.24) is 0 Å². The number of carbonyl (C=O) groups excluding carboxylic acids is 1. The summed E-state index contributed by atoms with van der Waals surface area (Å²) in [6, 6.07) is 0. The van der Waals surface area contributed by atoms with Crippen LogP contribution in [-0.2, 0) is 4.79 Å². The Hall–Kier alpha value is -0.710. The summed E-state index contributed by atoms with van der Waals surface area (Å²) >= 11 is 0. The van der Waals surface area contributed by atoms with Gasteiger partial charge in [-0.15, -0.1) is 0 Å². The second kappa shape index (κ2) is 6.77. The fourth-order valence-electron chi connectivity index (χ4n) is 0.967. The van der Waals surface area contributed by atoms with Crippen LogP contribution < -0.4 is 0 Å². The van der Waals surface area contributed by atoms with Crippen LogP contribution in [-0.4, -0.2) is 40.4 Å². The summed E-state index contributed by atoms with van der Waals surface area (Å²) in [5, 5.41) is 26.9. The van der Waals surface area contributed by atoms with E-state index in [1.54, 1.807) is 6.08 Å². The first kappa shape index (κ1) is 12.3. The van der Waals surface area contributed by atoms with Gasteiger partial charge >= 0.3 is 0 Å². The second-order valence-corrected chi connectivity index (χ2v) is 2.82. The maximum atomic E-state index is 10.4. The van der Waals surface area contributed by atoms with E-state index in [2.05, 4.69) is 0 Å². The van der Waals surface area contributed by atoms with Crippen LogP contribution in [0.5, 0.6) is 0 Å². The van der Waals surface area contributed by atoms with E-state index in [0.29, 0.717) is 12.7 Å². The van der Waals surface area contributed by atoms with Gasteiger partial charge in [-0.2, -0.15) is 0 Å². The summed E-state index contributed by atoms with van der Waals surface area (Å²) in [4.78, 5) is 10.4. The molecule has 0 aromatic carbocycles. The Bertz CT molecular complexity index is 176. The molecule has 13 heavy (non-hydrogen) atoms. The van der Waals surface area contributed by atoms with Gasteiger partial charge in [0.15, 0.2) is 0 Å². The summed E-state index contributed by atoms with van der Waals surface area (Å²) in [7, 11) is 0. The lowest BCUT2D eigenvalue weighted by atomic mass is 10.0. The number of hydrogen-bond acceptors (Lipinski definition) is 4. The van der Waals surface area contributed by atoms with E-state index >= 15 is 0 Å². The smallest absolute Gasteiger partial charge is 0.148 e. The van der Waals surface area contributed by atoms with Crippen LogP contribution in [0, 0.1) is 0 Å². The van der Waals surface area contributed by atoms with E-state index in [9.17, 15) is 9.90 Å². The molecule has 0 saturated carbocycles. The number of aldehydes is 1. The summed E-state index contributed by atoms with van der Waals surface area (Å²) in [6.45, 7) is 1.44. The van der Waals surface area contributed by atoms with Gasteiger partial charge in [0, 0.05) is 12.0 Å². The molecule has 0 rings (SSSR count). The zero-order chi connectivity index (χ0) is 10.3. The first-order chi connectivity index (χ1) is 6.15. The van der Waals surface area contributed by atoms with Crippen LogP contribution in [0.15, 0.2) is 11.6 Å². The van der Waals surface area contributed by atoms with Gasteiger partial charge < -0.3 is 15.3 Å². The molecule has 0 radical (unpaired) electrons. The maximum absolute atomic E-state index is 10.4. The quantitative estimate of drug-likeness (QED) is 0.392. The highest BCUT2D eigenvalue weighted by Gasteiger charge is 2.14. The Morgan fingerprint density at radius 1 is 1.46 bits per heavy atom. The Balaban J connectivity index is 4.13. The third kappa shape index (κ3) is 4.77. The molecule has 76 valence electrons. The summed E-state index contributed by atoms with van der Waals surface area (Å²) in [5.41, 5.74) is 0.259. The first-order valence-corrected chi connectivity index (χ1v) is 4.27. The molecule has 4 heteroatoms. The fourth-order valence-corrected chi connectivity index (χ4v) is 0.967. The van der Waals surface area contributed by atoms with Crippen LogP contribution in [0.4, 0.5) is 0 Å². The average molecular weight is 188 g/mol. The topological polar surface area (TPSA) is 77.8 Å². The molecule has 4 nitrogen and oxygen atoms in total. The number of hydrogen-bond donors (Lipinski definition) is 3. The van der Waals surface area contributed by atoms with Gasteiger partial charge in [0.1, 0.15) is 6.29 Å². The molecule has 2 atom stereocenters. The van der Waals surface area contributed by atoms with Gasteiger partial charge in [0.25, 0.3) is 0 Å². The van der Waals surface area contributed by atoms with Crippen molar-refractivity contribution in [3.8, 4) is 0 Å². The molecule has 3 N–H and O–H groups in total. The van der Waals surface area contributed by atoms with E-state index in [4.69, 9.17) is 10.2 Å². The molecular formula is C9H16O4. The van der Waals surface area contributed by atoms with Crippen molar-refractivity contribution in [2.75, 3.05) is 6.61 Å². The van der Waals surface area contributed by atoms with Crippen LogP contribution in [0.25, 0.3) is 0 Å². The SMILES string of the molecule is CCC=C(C=O)C(O)CC(O)CO. The predicted octanol–water partition coefficient (Wildman–Crippen LogP) is -0.374. The highest BCUT2D eigenvalue weighted by Crippen LogP contribution is 2.07. The van der Waals surface area contributed by atoms with Crippen LogP contribution in [0.1, 0.15) is 19.8 Å². The molecule has 0 spiro atoms. The number of aliphatic hydroxyl groups is 3. The maximum Gasteiger partial charge on any atom is 0.148 e. The molecule has 0 amide bonds. The fraction of sp³-hybridized carbons (Fsp3) is 0.667. The van der Waals surface area contributed by atoms with Gasteiger partial charge in [-0.05, 0) is 6.42 Å². The van der Waals surface area contributed by atoms with Crippen molar-refractivity contribution in [1.29, 1.82) is 0 Å². The third-order valence-electron chi connectivity index (χ3n) is 1.67. The molecule has 0 heterocycles. The molecule has 2 unspecified atom stereocenters. The molecule has 0 aliphatic rings. The van der Waals surface area contributed by atoms with Crippen molar-refractivity contribution in [3.63, 3.8) is 0 Å². The molecule has 0 aliphatic heterocycles. The lowest BCUT2D eigenvalue weighted by molar-refractivity contribution is -0.106. The van der Waals surface area contributed by atoms with Gasteiger partial charge in [0.2, 0.25) is 0 Å². The molecule has 0 fully saturated rings. The molecular weight excluding hydrogens is 172 g/mol. The Labute approximate surface area is 77.5 Å². The zero-order valence-corrected chi connectivity index (χ0v) is 7.68. The van der Waals surface area contributed by atoms with E-state index < -0.39 is 18.8 Å². The summed E-state index contributed by atoms with van der Waals surface area (Å²) < 4.78 is 0.